The van der Waals surface area contributed by atoms with Crippen LogP contribution in [0.5, 0.6) is 0 Å². The second-order valence-corrected chi connectivity index (χ2v) is 5.59. The molecular weight excluding hydrogens is 278 g/mol. The summed E-state index contributed by atoms with van der Waals surface area (Å²) in [4.78, 5) is 0. The van der Waals surface area contributed by atoms with Crippen LogP contribution in [-0.4, -0.2) is 18.3 Å². The van der Waals surface area contributed by atoms with Crippen LogP contribution in [0, 0.1) is 12.3 Å². The Morgan fingerprint density at radius 3 is 2.41 bits per heavy atom. The Labute approximate surface area is 113 Å². The van der Waals surface area contributed by atoms with Crippen LogP contribution in [0.3, 0.4) is 0 Å². The third kappa shape index (κ3) is 3.71. The molecule has 0 heterocycles. The van der Waals surface area contributed by atoms with E-state index in [4.69, 9.17) is 0 Å². The number of benzene rings is 1. The first kappa shape index (κ1) is 14.5. The predicted molar refractivity (Wildman–Crippen MR) is 77.5 cm³/mol. The van der Waals surface area contributed by atoms with E-state index in [0.29, 0.717) is 0 Å². The van der Waals surface area contributed by atoms with E-state index in [1.54, 1.807) is 0 Å². The van der Waals surface area contributed by atoms with Gasteiger partial charge in [0, 0.05) is 22.1 Å². The molecule has 1 aromatic rings. The van der Waals surface area contributed by atoms with E-state index < -0.39 is 0 Å². The summed E-state index contributed by atoms with van der Waals surface area (Å²) in [6, 6.07) is 6.21. The highest BCUT2D eigenvalue weighted by Crippen LogP contribution is 2.27. The summed E-state index contributed by atoms with van der Waals surface area (Å²) in [5.74, 6) is 0. The number of hydrogen-bond donors (Lipinski definition) is 2. The number of halogens is 1. The molecule has 0 aliphatic carbocycles. The SMILES string of the molecule is CCC(CC)(CO)CNc1ccc(Br)cc1C. The molecule has 1 rings (SSSR count). The fraction of sp³-hybridized carbons (Fsp3) is 0.571. The van der Waals surface area contributed by atoms with Crippen molar-refractivity contribution in [3.05, 3.63) is 28.2 Å². The standard InChI is InChI=1S/C14H22BrNO/c1-4-14(5-2,10-17)9-16-13-7-6-12(15)8-11(13)3/h6-8,16-17H,4-5,9-10H2,1-3H3. The second kappa shape index (κ2) is 6.41. The molecule has 2 nitrogen and oxygen atoms in total. The van der Waals surface area contributed by atoms with Crippen LogP contribution in [0.15, 0.2) is 22.7 Å². The largest absolute Gasteiger partial charge is 0.396 e. The van der Waals surface area contributed by atoms with Crippen molar-refractivity contribution >= 4 is 21.6 Å². The lowest BCUT2D eigenvalue weighted by molar-refractivity contribution is 0.127. The first-order valence-corrected chi connectivity index (χ1v) is 6.97. The van der Waals surface area contributed by atoms with Crippen molar-refractivity contribution in [1.29, 1.82) is 0 Å². The fourth-order valence-corrected chi connectivity index (χ4v) is 2.36. The van der Waals surface area contributed by atoms with Gasteiger partial charge in [-0.05, 0) is 43.5 Å². The van der Waals surface area contributed by atoms with Crippen molar-refractivity contribution in [1.82, 2.24) is 0 Å². The lowest BCUT2D eigenvalue weighted by Crippen LogP contribution is -2.32. The molecule has 0 aliphatic rings. The summed E-state index contributed by atoms with van der Waals surface area (Å²) in [6.45, 7) is 7.42. The Bertz CT molecular complexity index is 353. The number of anilines is 1. The summed E-state index contributed by atoms with van der Waals surface area (Å²) in [6.07, 6.45) is 1.98. The van der Waals surface area contributed by atoms with Crippen LogP contribution in [0.4, 0.5) is 5.69 Å². The van der Waals surface area contributed by atoms with Crippen molar-refractivity contribution in [2.24, 2.45) is 5.41 Å². The Morgan fingerprint density at radius 2 is 1.94 bits per heavy atom. The van der Waals surface area contributed by atoms with Gasteiger partial charge < -0.3 is 10.4 Å². The third-order valence-electron chi connectivity index (χ3n) is 3.68. The number of aliphatic hydroxyl groups is 1. The highest BCUT2D eigenvalue weighted by atomic mass is 79.9. The molecule has 0 radical (unpaired) electrons. The van der Waals surface area contributed by atoms with Gasteiger partial charge in [0.05, 0.1) is 6.61 Å². The molecule has 96 valence electrons. The molecule has 2 N–H and O–H groups in total. The zero-order valence-electron chi connectivity index (χ0n) is 10.9. The summed E-state index contributed by atoms with van der Waals surface area (Å²) in [5.41, 5.74) is 2.37. The van der Waals surface area contributed by atoms with Crippen molar-refractivity contribution in [3.8, 4) is 0 Å². The maximum Gasteiger partial charge on any atom is 0.0504 e. The van der Waals surface area contributed by atoms with Crippen LogP contribution < -0.4 is 5.32 Å². The van der Waals surface area contributed by atoms with Gasteiger partial charge in [-0.25, -0.2) is 0 Å². The molecule has 0 saturated heterocycles. The van der Waals surface area contributed by atoms with Crippen LogP contribution in [0.2, 0.25) is 0 Å². The average molecular weight is 300 g/mol. The van der Waals surface area contributed by atoms with Gasteiger partial charge >= 0.3 is 0 Å². The average Bonchev–Trinajstić information content (AvgIpc) is 2.33. The maximum absolute atomic E-state index is 9.52. The summed E-state index contributed by atoms with van der Waals surface area (Å²) in [5, 5.41) is 13.0. The van der Waals surface area contributed by atoms with E-state index in [1.807, 2.05) is 6.07 Å². The number of nitrogens with one attached hydrogen (secondary N) is 1. The minimum absolute atomic E-state index is 0.000483. The molecule has 0 bridgehead atoms. The number of rotatable bonds is 6. The van der Waals surface area contributed by atoms with Gasteiger partial charge in [0.1, 0.15) is 0 Å². The van der Waals surface area contributed by atoms with Crippen molar-refractivity contribution in [2.45, 2.75) is 33.6 Å². The minimum Gasteiger partial charge on any atom is -0.396 e. The number of aryl methyl sites for hydroxylation is 1. The van der Waals surface area contributed by atoms with E-state index in [2.05, 4.69) is 54.2 Å². The summed E-state index contributed by atoms with van der Waals surface area (Å²) in [7, 11) is 0. The van der Waals surface area contributed by atoms with Crippen LogP contribution in [-0.2, 0) is 0 Å². The zero-order chi connectivity index (χ0) is 12.9. The Balaban J connectivity index is 2.72. The second-order valence-electron chi connectivity index (χ2n) is 4.68. The molecule has 0 fully saturated rings. The van der Waals surface area contributed by atoms with E-state index in [-0.39, 0.29) is 12.0 Å². The monoisotopic (exact) mass is 299 g/mol. The van der Waals surface area contributed by atoms with Crippen molar-refractivity contribution in [2.75, 3.05) is 18.5 Å². The van der Waals surface area contributed by atoms with Crippen LogP contribution in [0.1, 0.15) is 32.3 Å². The van der Waals surface area contributed by atoms with E-state index >= 15 is 0 Å². The van der Waals surface area contributed by atoms with E-state index in [0.717, 1.165) is 29.5 Å². The zero-order valence-corrected chi connectivity index (χ0v) is 12.5. The Morgan fingerprint density at radius 1 is 1.29 bits per heavy atom. The normalized spacial score (nSPS) is 11.6. The lowest BCUT2D eigenvalue weighted by Gasteiger charge is -2.30. The first-order chi connectivity index (χ1) is 8.06. The number of aliphatic hydroxyl groups excluding tert-OH is 1. The molecule has 0 saturated carbocycles. The molecule has 3 heteroatoms. The first-order valence-electron chi connectivity index (χ1n) is 6.18. The quantitative estimate of drug-likeness (QED) is 0.833. The van der Waals surface area contributed by atoms with E-state index in [1.165, 1.54) is 5.56 Å². The molecule has 0 atom stereocenters. The van der Waals surface area contributed by atoms with Crippen molar-refractivity contribution < 1.29 is 5.11 Å². The summed E-state index contributed by atoms with van der Waals surface area (Å²) >= 11 is 3.46. The molecule has 0 spiro atoms. The van der Waals surface area contributed by atoms with Gasteiger partial charge in [-0.15, -0.1) is 0 Å². The van der Waals surface area contributed by atoms with Gasteiger partial charge in [0.25, 0.3) is 0 Å². The fourth-order valence-electron chi connectivity index (χ4n) is 1.89. The Kier molecular flexibility index (Phi) is 5.47. The molecule has 17 heavy (non-hydrogen) atoms. The molecule has 1 aromatic carbocycles. The highest BCUT2D eigenvalue weighted by Gasteiger charge is 2.24. The predicted octanol–water partition coefficient (Wildman–Crippen LogP) is 3.97. The molecule has 0 amide bonds. The van der Waals surface area contributed by atoms with Crippen molar-refractivity contribution in [3.63, 3.8) is 0 Å². The van der Waals surface area contributed by atoms with Gasteiger partial charge in [-0.1, -0.05) is 29.8 Å². The van der Waals surface area contributed by atoms with Gasteiger partial charge in [-0.2, -0.15) is 0 Å². The van der Waals surface area contributed by atoms with Gasteiger partial charge in [-0.3, -0.25) is 0 Å². The maximum atomic E-state index is 9.52. The smallest absolute Gasteiger partial charge is 0.0504 e. The molecular formula is C14H22BrNO. The third-order valence-corrected chi connectivity index (χ3v) is 4.17. The topological polar surface area (TPSA) is 32.3 Å². The lowest BCUT2D eigenvalue weighted by atomic mass is 9.83. The highest BCUT2D eigenvalue weighted by molar-refractivity contribution is 9.10. The minimum atomic E-state index is -0.000483. The molecule has 0 aliphatic heterocycles. The van der Waals surface area contributed by atoms with Crippen LogP contribution >= 0.6 is 15.9 Å². The van der Waals surface area contributed by atoms with E-state index in [9.17, 15) is 5.11 Å². The molecule has 0 unspecified atom stereocenters. The summed E-state index contributed by atoms with van der Waals surface area (Å²) < 4.78 is 1.10. The molecule has 0 aromatic heterocycles. The van der Waals surface area contributed by atoms with Crippen LogP contribution in [0.25, 0.3) is 0 Å². The van der Waals surface area contributed by atoms with Gasteiger partial charge in [0.2, 0.25) is 0 Å². The Hall–Kier alpha value is -0.540. The number of hydrogen-bond acceptors (Lipinski definition) is 2. The van der Waals surface area contributed by atoms with Gasteiger partial charge in [0.15, 0.2) is 0 Å².